The van der Waals surface area contributed by atoms with Gasteiger partial charge in [0.15, 0.2) is 5.78 Å². The lowest BCUT2D eigenvalue weighted by atomic mass is 9.42. The van der Waals surface area contributed by atoms with Gasteiger partial charge in [-0.15, -0.1) is 0 Å². The second-order valence-electron chi connectivity index (χ2n) is 13.1. The van der Waals surface area contributed by atoms with Crippen LogP contribution in [0.1, 0.15) is 85.0 Å². The number of anilines is 1. The van der Waals surface area contributed by atoms with Crippen LogP contribution in [-0.4, -0.2) is 45.9 Å². The van der Waals surface area contributed by atoms with Gasteiger partial charge >= 0.3 is 0 Å². The predicted molar refractivity (Wildman–Crippen MR) is 138 cm³/mol. The Morgan fingerprint density at radius 2 is 1.94 bits per heavy atom. The summed E-state index contributed by atoms with van der Waals surface area (Å²) in [5.41, 5.74) is 0.436. The van der Waals surface area contributed by atoms with E-state index in [1.54, 1.807) is 17.1 Å². The first-order valence-corrected chi connectivity index (χ1v) is 14.1. The SMILES string of the molecule is COCC[C@]12CC[C@@](C)(O)C[C@@H]1CC[C@H]1[C@@H]3CC[C@H](C(=O)Cn4cc(NC(C)=O)cn4)[C@@]3(C)CC[C@@H]12. The second kappa shape index (κ2) is 9.54. The van der Waals surface area contributed by atoms with Crippen LogP contribution in [0.25, 0.3) is 0 Å². The summed E-state index contributed by atoms with van der Waals surface area (Å²) in [6.45, 7) is 6.98. The number of nitrogens with zero attached hydrogens (tertiary/aromatic N) is 2. The van der Waals surface area contributed by atoms with Crippen molar-refractivity contribution in [3.63, 3.8) is 0 Å². The fraction of sp³-hybridized carbons (Fsp3) is 0.828. The number of Topliss-reactive ketones (excluding diaryl/α,β-unsaturated/α-hetero) is 1. The van der Waals surface area contributed by atoms with Crippen LogP contribution in [0.4, 0.5) is 5.69 Å². The van der Waals surface area contributed by atoms with E-state index in [0.717, 1.165) is 51.6 Å². The lowest BCUT2D eigenvalue weighted by Crippen LogP contribution is -2.57. The molecule has 2 N–H and O–H groups in total. The summed E-state index contributed by atoms with van der Waals surface area (Å²) in [6, 6.07) is 0. The summed E-state index contributed by atoms with van der Waals surface area (Å²) in [6.07, 6.45) is 14.3. The summed E-state index contributed by atoms with van der Waals surface area (Å²) in [4.78, 5) is 24.9. The molecule has 8 atom stereocenters. The average Bonchev–Trinajstić information content (AvgIpc) is 3.40. The van der Waals surface area contributed by atoms with Crippen LogP contribution in [0.5, 0.6) is 0 Å². The van der Waals surface area contributed by atoms with E-state index in [1.807, 2.05) is 14.0 Å². The molecule has 1 heterocycles. The Kier molecular flexibility index (Phi) is 6.86. The van der Waals surface area contributed by atoms with E-state index < -0.39 is 5.60 Å². The number of methoxy groups -OCH3 is 1. The minimum absolute atomic E-state index is 0.0569. The first-order chi connectivity index (χ1) is 17.1. The van der Waals surface area contributed by atoms with Gasteiger partial charge in [0, 0.05) is 32.8 Å². The van der Waals surface area contributed by atoms with Crippen molar-refractivity contribution in [2.45, 2.75) is 97.1 Å². The standard InChI is InChI=1S/C29H45N3O4/c1-19(33)31-21-16-30-32(17-21)18-26(34)25-8-7-23-22-6-5-20-15-27(2,35)11-12-29(20,13-14-36-4)24(22)9-10-28(23,25)3/h16-17,20,22-25,35H,5-15,18H2,1-4H3,(H,31,33)/t20-,22-,23-,24-,25+,27+,28-,29+/m0/s1. The van der Waals surface area contributed by atoms with E-state index >= 15 is 0 Å². The zero-order valence-corrected chi connectivity index (χ0v) is 22.6. The highest BCUT2D eigenvalue weighted by Gasteiger charge is 2.62. The smallest absolute Gasteiger partial charge is 0.221 e. The number of hydrogen-bond donors (Lipinski definition) is 2. The van der Waals surface area contributed by atoms with Gasteiger partial charge in [-0.25, -0.2) is 0 Å². The third kappa shape index (κ3) is 4.44. The molecule has 4 aliphatic rings. The highest BCUT2D eigenvalue weighted by atomic mass is 16.5. The van der Waals surface area contributed by atoms with Gasteiger partial charge in [-0.3, -0.25) is 14.3 Å². The number of rotatable bonds is 7. The number of nitrogens with one attached hydrogen (secondary N) is 1. The lowest BCUT2D eigenvalue weighted by molar-refractivity contribution is -0.163. The predicted octanol–water partition coefficient (Wildman–Crippen LogP) is 4.84. The molecule has 1 aromatic rings. The van der Waals surface area contributed by atoms with E-state index in [0.29, 0.717) is 29.4 Å². The quantitative estimate of drug-likeness (QED) is 0.560. The fourth-order valence-electron chi connectivity index (χ4n) is 9.54. The number of fused-ring (bicyclic) bond motifs is 5. The first-order valence-electron chi connectivity index (χ1n) is 14.1. The van der Waals surface area contributed by atoms with Gasteiger partial charge in [0.25, 0.3) is 0 Å². The zero-order valence-electron chi connectivity index (χ0n) is 22.6. The number of aromatic nitrogens is 2. The molecule has 0 bridgehead atoms. The molecule has 36 heavy (non-hydrogen) atoms. The average molecular weight is 500 g/mol. The summed E-state index contributed by atoms with van der Waals surface area (Å²) in [7, 11) is 1.81. The maximum Gasteiger partial charge on any atom is 0.221 e. The van der Waals surface area contributed by atoms with Gasteiger partial charge in [-0.05, 0) is 106 Å². The molecule has 0 radical (unpaired) electrons. The van der Waals surface area contributed by atoms with Crippen molar-refractivity contribution in [2.24, 2.45) is 40.4 Å². The van der Waals surface area contributed by atoms with Crippen molar-refractivity contribution in [2.75, 3.05) is 19.0 Å². The number of hydrogen-bond acceptors (Lipinski definition) is 5. The highest BCUT2D eigenvalue weighted by Crippen LogP contribution is 2.69. The Hall–Kier alpha value is -1.73. The van der Waals surface area contributed by atoms with Crippen molar-refractivity contribution in [3.8, 4) is 0 Å². The molecule has 4 aliphatic carbocycles. The van der Waals surface area contributed by atoms with Crippen molar-refractivity contribution < 1.29 is 19.4 Å². The Bertz CT molecular complexity index is 989. The van der Waals surface area contributed by atoms with Crippen molar-refractivity contribution in [3.05, 3.63) is 12.4 Å². The zero-order chi connectivity index (χ0) is 25.7. The third-order valence-corrected chi connectivity index (χ3v) is 11.1. The molecule has 4 fully saturated rings. The molecule has 1 amide bonds. The molecule has 0 aliphatic heterocycles. The largest absolute Gasteiger partial charge is 0.390 e. The van der Waals surface area contributed by atoms with Gasteiger partial charge in [-0.1, -0.05) is 6.92 Å². The third-order valence-electron chi connectivity index (χ3n) is 11.1. The molecule has 5 rings (SSSR count). The van der Waals surface area contributed by atoms with Crippen LogP contribution in [0, 0.1) is 40.4 Å². The van der Waals surface area contributed by atoms with Crippen LogP contribution in [-0.2, 0) is 20.9 Å². The summed E-state index contributed by atoms with van der Waals surface area (Å²) >= 11 is 0. The number of amides is 1. The number of carbonyl (C=O) groups excluding carboxylic acids is 2. The molecule has 200 valence electrons. The monoisotopic (exact) mass is 499 g/mol. The topological polar surface area (TPSA) is 93.5 Å². The summed E-state index contributed by atoms with van der Waals surface area (Å²) in [5.74, 6) is 2.76. The van der Waals surface area contributed by atoms with Crippen LogP contribution in [0.15, 0.2) is 12.4 Å². The maximum atomic E-state index is 13.6. The van der Waals surface area contributed by atoms with E-state index in [1.165, 1.54) is 26.2 Å². The Balaban J connectivity index is 1.33. The van der Waals surface area contributed by atoms with Gasteiger partial charge in [0.05, 0.1) is 24.0 Å². The van der Waals surface area contributed by atoms with E-state index in [4.69, 9.17) is 4.74 Å². The molecular formula is C29H45N3O4. The van der Waals surface area contributed by atoms with Crippen LogP contribution in [0.2, 0.25) is 0 Å². The number of carbonyl (C=O) groups is 2. The lowest BCUT2D eigenvalue weighted by Gasteiger charge is -2.63. The maximum absolute atomic E-state index is 13.6. The Morgan fingerprint density at radius 3 is 2.69 bits per heavy atom. The van der Waals surface area contributed by atoms with Crippen molar-refractivity contribution >= 4 is 17.4 Å². The fourth-order valence-corrected chi connectivity index (χ4v) is 9.54. The number of ether oxygens (including phenoxy) is 1. The van der Waals surface area contributed by atoms with Gasteiger partial charge in [-0.2, -0.15) is 5.10 Å². The molecule has 0 unspecified atom stereocenters. The molecule has 7 nitrogen and oxygen atoms in total. The normalized spacial score (nSPS) is 41.8. The Morgan fingerprint density at radius 1 is 1.14 bits per heavy atom. The number of ketones is 1. The minimum atomic E-state index is -0.533. The second-order valence-corrected chi connectivity index (χ2v) is 13.1. The molecule has 0 aromatic carbocycles. The molecule has 0 spiro atoms. The van der Waals surface area contributed by atoms with E-state index in [9.17, 15) is 14.7 Å². The molecule has 4 saturated carbocycles. The van der Waals surface area contributed by atoms with Gasteiger partial charge in [0.1, 0.15) is 0 Å². The molecule has 1 aromatic heterocycles. The highest BCUT2D eigenvalue weighted by molar-refractivity contribution is 5.88. The van der Waals surface area contributed by atoms with Gasteiger partial charge in [0.2, 0.25) is 5.91 Å². The molecule has 7 heteroatoms. The summed E-state index contributed by atoms with van der Waals surface area (Å²) < 4.78 is 7.29. The number of aliphatic hydroxyl groups is 1. The van der Waals surface area contributed by atoms with Gasteiger partial charge < -0.3 is 15.2 Å². The van der Waals surface area contributed by atoms with E-state index in [2.05, 4.69) is 17.3 Å². The van der Waals surface area contributed by atoms with Crippen LogP contribution >= 0.6 is 0 Å². The first kappa shape index (κ1) is 25.9. The van der Waals surface area contributed by atoms with Crippen molar-refractivity contribution in [1.29, 1.82) is 0 Å². The van der Waals surface area contributed by atoms with Crippen LogP contribution in [0.3, 0.4) is 0 Å². The molecular weight excluding hydrogens is 454 g/mol. The van der Waals surface area contributed by atoms with Crippen LogP contribution < -0.4 is 5.32 Å². The Labute approximate surface area is 215 Å². The van der Waals surface area contributed by atoms with Crippen molar-refractivity contribution in [1.82, 2.24) is 9.78 Å². The molecule has 0 saturated heterocycles. The van der Waals surface area contributed by atoms with E-state index in [-0.39, 0.29) is 35.0 Å². The minimum Gasteiger partial charge on any atom is -0.390 e. The summed E-state index contributed by atoms with van der Waals surface area (Å²) in [5, 5.41) is 18.0.